The fourth-order valence-electron chi connectivity index (χ4n) is 2.12. The van der Waals surface area contributed by atoms with E-state index in [1.165, 1.54) is 13.2 Å². The first-order valence-electron chi connectivity index (χ1n) is 7.45. The Hall–Kier alpha value is -2.23. The van der Waals surface area contributed by atoms with Crippen LogP contribution < -0.4 is 4.74 Å². The molecule has 0 saturated carbocycles. The van der Waals surface area contributed by atoms with E-state index in [1.54, 1.807) is 30.4 Å². The lowest BCUT2D eigenvalue weighted by Crippen LogP contribution is -2.01. The number of ether oxygens (including phenoxy) is 2. The molecule has 0 spiro atoms. The van der Waals surface area contributed by atoms with Crippen molar-refractivity contribution in [2.24, 2.45) is 0 Å². The monoisotopic (exact) mass is 304 g/mol. The van der Waals surface area contributed by atoms with Crippen LogP contribution in [0.2, 0.25) is 0 Å². The Morgan fingerprint density at radius 2 is 2.23 bits per heavy atom. The minimum atomic E-state index is -0.403. The minimum Gasteiger partial charge on any atom is -0.508 e. The predicted molar refractivity (Wildman–Crippen MR) is 87.2 cm³/mol. The van der Waals surface area contributed by atoms with Gasteiger partial charge in [-0.25, -0.2) is 4.79 Å². The molecule has 0 radical (unpaired) electrons. The molecule has 0 amide bonds. The van der Waals surface area contributed by atoms with E-state index in [4.69, 9.17) is 4.74 Å². The third kappa shape index (κ3) is 5.64. The molecule has 0 aliphatic rings. The van der Waals surface area contributed by atoms with E-state index in [9.17, 15) is 9.90 Å². The first-order valence-corrected chi connectivity index (χ1v) is 7.45. The van der Waals surface area contributed by atoms with E-state index in [-0.39, 0.29) is 11.7 Å². The Kier molecular flexibility index (Phi) is 7.83. The van der Waals surface area contributed by atoms with Crippen molar-refractivity contribution >= 4 is 5.97 Å². The largest absolute Gasteiger partial charge is 0.508 e. The summed E-state index contributed by atoms with van der Waals surface area (Å²) in [6, 6.07) is 5.13. The highest BCUT2D eigenvalue weighted by Crippen LogP contribution is 2.33. The lowest BCUT2D eigenvalue weighted by Gasteiger charge is -2.16. The Morgan fingerprint density at radius 1 is 1.45 bits per heavy atom. The molecule has 22 heavy (non-hydrogen) atoms. The fraction of sp³-hybridized carbons (Fsp3) is 0.389. The van der Waals surface area contributed by atoms with Crippen molar-refractivity contribution in [3.63, 3.8) is 0 Å². The highest BCUT2D eigenvalue weighted by atomic mass is 16.5. The van der Waals surface area contributed by atoms with Crippen molar-refractivity contribution in [2.75, 3.05) is 13.7 Å². The summed E-state index contributed by atoms with van der Waals surface area (Å²) in [7, 11) is 1.34. The van der Waals surface area contributed by atoms with Crippen LogP contribution in [0.1, 0.15) is 37.7 Å². The van der Waals surface area contributed by atoms with Crippen LogP contribution in [-0.2, 0) is 9.53 Å². The molecular formula is C18H24O4. The average molecular weight is 304 g/mol. The third-order valence-corrected chi connectivity index (χ3v) is 3.30. The van der Waals surface area contributed by atoms with Crippen molar-refractivity contribution in [2.45, 2.75) is 32.1 Å². The average Bonchev–Trinajstić information content (AvgIpc) is 2.54. The summed E-state index contributed by atoms with van der Waals surface area (Å²) < 4.78 is 10.1. The van der Waals surface area contributed by atoms with Gasteiger partial charge in [-0.1, -0.05) is 38.5 Å². The molecule has 1 rings (SSSR count). The molecule has 0 aliphatic carbocycles. The molecule has 0 aliphatic heterocycles. The van der Waals surface area contributed by atoms with E-state index in [2.05, 4.69) is 18.2 Å². The van der Waals surface area contributed by atoms with Crippen molar-refractivity contribution in [1.82, 2.24) is 0 Å². The maximum absolute atomic E-state index is 11.3. The highest BCUT2D eigenvalue weighted by molar-refractivity contribution is 5.81. The number of hydrogen-bond donors (Lipinski definition) is 1. The number of hydrogen-bond acceptors (Lipinski definition) is 4. The van der Waals surface area contributed by atoms with Gasteiger partial charge in [0.2, 0.25) is 0 Å². The van der Waals surface area contributed by atoms with E-state index in [0.717, 1.165) is 24.8 Å². The number of phenols is 1. The zero-order chi connectivity index (χ0) is 16.4. The number of unbranched alkanes of at least 4 members (excludes halogenated alkanes) is 1. The Balaban J connectivity index is 3.02. The number of phenolic OH excluding ortho intramolecular Hbond substituents is 1. The first kappa shape index (κ1) is 17.8. The normalized spacial score (nSPS) is 12.1. The SMILES string of the molecule is C=CCOc1ccc(O)c(C(C=CC(=O)OC)CCCC)c1. The summed E-state index contributed by atoms with van der Waals surface area (Å²) in [6.45, 7) is 6.12. The number of aromatic hydroxyl groups is 1. The van der Waals surface area contributed by atoms with E-state index < -0.39 is 5.97 Å². The number of methoxy groups -OCH3 is 1. The van der Waals surface area contributed by atoms with Gasteiger partial charge in [0.05, 0.1) is 7.11 Å². The number of benzene rings is 1. The van der Waals surface area contributed by atoms with E-state index in [1.807, 2.05) is 0 Å². The molecule has 1 unspecified atom stereocenters. The van der Waals surface area contributed by atoms with Crippen molar-refractivity contribution < 1.29 is 19.4 Å². The van der Waals surface area contributed by atoms with Crippen LogP contribution in [0, 0.1) is 0 Å². The molecule has 0 saturated heterocycles. The Labute approximate surface area is 132 Å². The molecule has 120 valence electrons. The van der Waals surface area contributed by atoms with Gasteiger partial charge in [0.25, 0.3) is 0 Å². The van der Waals surface area contributed by atoms with E-state index >= 15 is 0 Å². The zero-order valence-corrected chi connectivity index (χ0v) is 13.2. The van der Waals surface area contributed by atoms with Gasteiger partial charge in [-0.3, -0.25) is 0 Å². The van der Waals surface area contributed by atoms with Crippen LogP contribution in [0.3, 0.4) is 0 Å². The van der Waals surface area contributed by atoms with Gasteiger partial charge in [-0.05, 0) is 24.6 Å². The second kappa shape index (κ2) is 9.66. The van der Waals surface area contributed by atoms with Gasteiger partial charge in [0.15, 0.2) is 0 Å². The summed E-state index contributed by atoms with van der Waals surface area (Å²) in [4.78, 5) is 11.3. The van der Waals surface area contributed by atoms with Gasteiger partial charge >= 0.3 is 5.97 Å². The van der Waals surface area contributed by atoms with Crippen molar-refractivity contribution in [3.05, 3.63) is 48.6 Å². The Morgan fingerprint density at radius 3 is 2.86 bits per heavy atom. The molecule has 0 heterocycles. The summed E-state index contributed by atoms with van der Waals surface area (Å²) in [5.41, 5.74) is 0.746. The maximum atomic E-state index is 11.3. The van der Waals surface area contributed by atoms with Crippen LogP contribution in [0.4, 0.5) is 0 Å². The molecule has 0 fully saturated rings. The second-order valence-electron chi connectivity index (χ2n) is 4.95. The van der Waals surface area contributed by atoms with Crippen molar-refractivity contribution in [3.8, 4) is 11.5 Å². The van der Waals surface area contributed by atoms with Crippen LogP contribution in [0.25, 0.3) is 0 Å². The summed E-state index contributed by atoms with van der Waals surface area (Å²) in [5.74, 6) is 0.397. The van der Waals surface area contributed by atoms with Crippen LogP contribution in [0.15, 0.2) is 43.0 Å². The second-order valence-corrected chi connectivity index (χ2v) is 4.95. The molecule has 1 aromatic rings. The smallest absolute Gasteiger partial charge is 0.330 e. The fourth-order valence-corrected chi connectivity index (χ4v) is 2.12. The van der Waals surface area contributed by atoms with Gasteiger partial charge in [-0.15, -0.1) is 0 Å². The lowest BCUT2D eigenvalue weighted by atomic mass is 9.92. The Bertz CT molecular complexity index is 520. The predicted octanol–water partition coefficient (Wildman–Crippen LogP) is 3.96. The summed E-state index contributed by atoms with van der Waals surface area (Å²) in [5, 5.41) is 10.1. The maximum Gasteiger partial charge on any atom is 0.330 e. The summed E-state index contributed by atoms with van der Waals surface area (Å²) >= 11 is 0. The van der Waals surface area contributed by atoms with Crippen LogP contribution >= 0.6 is 0 Å². The molecule has 1 aromatic carbocycles. The van der Waals surface area contributed by atoms with Gasteiger partial charge in [0, 0.05) is 17.6 Å². The van der Waals surface area contributed by atoms with Crippen LogP contribution in [0.5, 0.6) is 11.5 Å². The van der Waals surface area contributed by atoms with Gasteiger partial charge in [0.1, 0.15) is 18.1 Å². The quantitative estimate of drug-likeness (QED) is 0.426. The molecular weight excluding hydrogens is 280 g/mol. The molecule has 1 atom stereocenters. The minimum absolute atomic E-state index is 0.0636. The molecule has 4 nitrogen and oxygen atoms in total. The zero-order valence-electron chi connectivity index (χ0n) is 13.2. The lowest BCUT2D eigenvalue weighted by molar-refractivity contribution is -0.134. The highest BCUT2D eigenvalue weighted by Gasteiger charge is 2.14. The molecule has 1 N–H and O–H groups in total. The number of carbonyl (C=O) groups is 1. The number of allylic oxidation sites excluding steroid dienone is 1. The van der Waals surface area contributed by atoms with Gasteiger partial charge < -0.3 is 14.6 Å². The number of rotatable bonds is 9. The molecule has 0 aromatic heterocycles. The topological polar surface area (TPSA) is 55.8 Å². The van der Waals surface area contributed by atoms with E-state index in [0.29, 0.717) is 12.4 Å². The molecule has 0 bridgehead atoms. The summed E-state index contributed by atoms with van der Waals surface area (Å²) in [6.07, 6.45) is 7.70. The third-order valence-electron chi connectivity index (χ3n) is 3.30. The standard InChI is InChI=1S/C18H24O4/c1-4-6-7-14(8-11-18(20)21-3)16-13-15(22-12-5-2)9-10-17(16)19/h5,8-11,13-14,19H,2,4,6-7,12H2,1,3H3. The van der Waals surface area contributed by atoms with Crippen molar-refractivity contribution in [1.29, 1.82) is 0 Å². The van der Waals surface area contributed by atoms with Crippen LogP contribution in [-0.4, -0.2) is 24.8 Å². The van der Waals surface area contributed by atoms with Gasteiger partial charge in [-0.2, -0.15) is 0 Å². The number of carbonyl (C=O) groups excluding carboxylic acids is 1. The first-order chi connectivity index (χ1) is 10.6. The number of esters is 1. The molecule has 4 heteroatoms.